The summed E-state index contributed by atoms with van der Waals surface area (Å²) in [6, 6.07) is 17.1. The standard InChI is InChI=1S/C25H26N2O7S/c1-4-23(25(28)18-8-6-5-7-9-18)26(17-19-10-13-21(33-2)16-24(19)34-3)35(31,32)22-14-11-20(12-15-22)27(29)30/h4-16,23,25,28H,1,17H2,2-3H3/t23-,25+/m1/s1. The summed E-state index contributed by atoms with van der Waals surface area (Å²) in [4.78, 5) is 10.3. The summed E-state index contributed by atoms with van der Waals surface area (Å²) in [5, 5.41) is 22.2. The highest BCUT2D eigenvalue weighted by atomic mass is 32.2. The fourth-order valence-electron chi connectivity index (χ4n) is 3.63. The Kier molecular flexibility index (Phi) is 8.23. The third-order valence-corrected chi connectivity index (χ3v) is 7.37. The molecule has 35 heavy (non-hydrogen) atoms. The van der Waals surface area contributed by atoms with E-state index in [1.807, 2.05) is 0 Å². The van der Waals surface area contributed by atoms with Gasteiger partial charge in [-0.25, -0.2) is 8.42 Å². The maximum Gasteiger partial charge on any atom is 0.269 e. The van der Waals surface area contributed by atoms with Crippen LogP contribution >= 0.6 is 0 Å². The summed E-state index contributed by atoms with van der Waals surface area (Å²) in [6.45, 7) is 3.60. The number of benzene rings is 3. The third kappa shape index (κ3) is 5.68. The zero-order valence-corrected chi connectivity index (χ0v) is 20.1. The number of rotatable bonds is 11. The van der Waals surface area contributed by atoms with Gasteiger partial charge >= 0.3 is 0 Å². The van der Waals surface area contributed by atoms with Crippen LogP contribution in [0.4, 0.5) is 5.69 Å². The summed E-state index contributed by atoms with van der Waals surface area (Å²) >= 11 is 0. The van der Waals surface area contributed by atoms with E-state index in [1.54, 1.807) is 48.5 Å². The minimum atomic E-state index is -4.25. The number of nitro benzene ring substituents is 1. The first kappa shape index (κ1) is 25.9. The van der Waals surface area contributed by atoms with Crippen LogP contribution in [0, 0.1) is 10.1 Å². The van der Waals surface area contributed by atoms with E-state index in [9.17, 15) is 23.6 Å². The van der Waals surface area contributed by atoms with Gasteiger partial charge in [0.25, 0.3) is 5.69 Å². The predicted octanol–water partition coefficient (Wildman–Crippen LogP) is 4.09. The highest BCUT2D eigenvalue weighted by Gasteiger charge is 2.35. The van der Waals surface area contributed by atoms with Crippen molar-refractivity contribution >= 4 is 15.7 Å². The molecule has 1 N–H and O–H groups in total. The molecule has 0 aliphatic heterocycles. The van der Waals surface area contributed by atoms with Gasteiger partial charge in [-0.05, 0) is 23.8 Å². The lowest BCUT2D eigenvalue weighted by atomic mass is 10.0. The predicted molar refractivity (Wildman–Crippen MR) is 131 cm³/mol. The monoisotopic (exact) mass is 498 g/mol. The number of aliphatic hydroxyl groups excluding tert-OH is 1. The largest absolute Gasteiger partial charge is 0.497 e. The van der Waals surface area contributed by atoms with Gasteiger partial charge in [0.2, 0.25) is 10.0 Å². The molecule has 0 radical (unpaired) electrons. The molecule has 3 rings (SSSR count). The molecule has 184 valence electrons. The minimum Gasteiger partial charge on any atom is -0.497 e. The van der Waals surface area contributed by atoms with E-state index < -0.39 is 27.1 Å². The van der Waals surface area contributed by atoms with E-state index >= 15 is 0 Å². The van der Waals surface area contributed by atoms with E-state index in [-0.39, 0.29) is 17.1 Å². The number of sulfonamides is 1. The summed E-state index contributed by atoms with van der Waals surface area (Å²) in [5.74, 6) is 0.922. The highest BCUT2D eigenvalue weighted by molar-refractivity contribution is 7.89. The number of hydrogen-bond donors (Lipinski definition) is 1. The number of aliphatic hydroxyl groups is 1. The molecule has 3 aromatic rings. The molecule has 0 bridgehead atoms. The molecule has 0 unspecified atom stereocenters. The van der Waals surface area contributed by atoms with E-state index in [0.29, 0.717) is 22.6 Å². The Morgan fingerprint density at radius 3 is 2.26 bits per heavy atom. The molecule has 3 aromatic carbocycles. The zero-order valence-electron chi connectivity index (χ0n) is 19.3. The number of non-ortho nitro benzene ring substituents is 1. The SMILES string of the molecule is C=C[C@H]([C@@H](O)c1ccccc1)N(Cc1ccc(OC)cc1OC)S(=O)(=O)c1ccc([N+](=O)[O-])cc1. The lowest BCUT2D eigenvalue weighted by Gasteiger charge is -2.32. The number of nitrogens with zero attached hydrogens (tertiary/aromatic N) is 2. The number of nitro groups is 1. The smallest absolute Gasteiger partial charge is 0.269 e. The molecule has 9 nitrogen and oxygen atoms in total. The second-order valence-corrected chi connectivity index (χ2v) is 9.45. The third-order valence-electron chi connectivity index (χ3n) is 5.51. The second-order valence-electron chi connectivity index (χ2n) is 7.56. The van der Waals surface area contributed by atoms with E-state index in [0.717, 1.165) is 16.4 Å². The Morgan fingerprint density at radius 1 is 1.06 bits per heavy atom. The Morgan fingerprint density at radius 2 is 1.71 bits per heavy atom. The summed E-state index contributed by atoms with van der Waals surface area (Å²) in [6.07, 6.45) is 0.127. The Hall–Kier alpha value is -3.73. The fourth-order valence-corrected chi connectivity index (χ4v) is 5.21. The van der Waals surface area contributed by atoms with Crippen LogP contribution in [0.2, 0.25) is 0 Å². The zero-order chi connectivity index (χ0) is 25.6. The molecule has 0 aliphatic rings. The normalized spacial score (nSPS) is 13.1. The van der Waals surface area contributed by atoms with Crippen molar-refractivity contribution in [1.29, 1.82) is 0 Å². The summed E-state index contributed by atoms with van der Waals surface area (Å²) in [7, 11) is -1.29. The van der Waals surface area contributed by atoms with Gasteiger partial charge in [-0.3, -0.25) is 10.1 Å². The molecule has 10 heteroatoms. The van der Waals surface area contributed by atoms with Crippen molar-refractivity contribution in [3.8, 4) is 11.5 Å². The number of hydrogen-bond acceptors (Lipinski definition) is 7. The second kappa shape index (κ2) is 11.1. The van der Waals surface area contributed by atoms with Gasteiger partial charge in [0.1, 0.15) is 11.5 Å². The van der Waals surface area contributed by atoms with Crippen LogP contribution in [0.25, 0.3) is 0 Å². The number of ether oxygens (including phenoxy) is 2. The van der Waals surface area contributed by atoms with Gasteiger partial charge in [0.15, 0.2) is 0 Å². The first-order chi connectivity index (χ1) is 16.7. The van der Waals surface area contributed by atoms with Crippen molar-refractivity contribution in [3.05, 3.63) is 107 Å². The van der Waals surface area contributed by atoms with Gasteiger partial charge < -0.3 is 14.6 Å². The lowest BCUT2D eigenvalue weighted by molar-refractivity contribution is -0.384. The van der Waals surface area contributed by atoms with Crippen molar-refractivity contribution in [1.82, 2.24) is 4.31 Å². The van der Waals surface area contributed by atoms with Crippen LogP contribution in [0.15, 0.2) is 90.3 Å². The molecule has 0 fully saturated rings. The molecule has 0 aliphatic carbocycles. The molecule has 0 aromatic heterocycles. The summed E-state index contributed by atoms with van der Waals surface area (Å²) < 4.78 is 39.4. The first-order valence-corrected chi connectivity index (χ1v) is 12.0. The lowest BCUT2D eigenvalue weighted by Crippen LogP contribution is -2.42. The van der Waals surface area contributed by atoms with Crippen molar-refractivity contribution < 1.29 is 27.9 Å². The molecule has 0 heterocycles. The highest BCUT2D eigenvalue weighted by Crippen LogP contribution is 2.33. The van der Waals surface area contributed by atoms with Crippen LogP contribution in [0.1, 0.15) is 17.2 Å². The topological polar surface area (TPSA) is 119 Å². The number of methoxy groups -OCH3 is 2. The van der Waals surface area contributed by atoms with E-state index in [2.05, 4.69) is 6.58 Å². The molecule has 0 saturated carbocycles. The van der Waals surface area contributed by atoms with Crippen LogP contribution < -0.4 is 9.47 Å². The average molecular weight is 499 g/mol. The Bertz CT molecular complexity index is 1280. The van der Waals surface area contributed by atoms with Crippen LogP contribution in [0.3, 0.4) is 0 Å². The quantitative estimate of drug-likeness (QED) is 0.240. The van der Waals surface area contributed by atoms with Gasteiger partial charge in [-0.1, -0.05) is 42.5 Å². The first-order valence-electron chi connectivity index (χ1n) is 10.6. The minimum absolute atomic E-state index is 0.164. The van der Waals surface area contributed by atoms with Crippen molar-refractivity contribution in [3.63, 3.8) is 0 Å². The van der Waals surface area contributed by atoms with Gasteiger partial charge in [0.05, 0.1) is 36.2 Å². The molecule has 2 atom stereocenters. The molecular formula is C25H26N2O7S. The fraction of sp³-hybridized carbons (Fsp3) is 0.200. The van der Waals surface area contributed by atoms with Gasteiger partial charge in [0, 0.05) is 30.3 Å². The Labute approximate surface area is 204 Å². The maximum atomic E-state index is 13.8. The van der Waals surface area contributed by atoms with Crippen molar-refractivity contribution in [2.45, 2.75) is 23.6 Å². The Balaban J connectivity index is 2.12. The average Bonchev–Trinajstić information content (AvgIpc) is 2.88. The van der Waals surface area contributed by atoms with Gasteiger partial charge in [-0.2, -0.15) is 4.31 Å². The van der Waals surface area contributed by atoms with E-state index in [4.69, 9.17) is 9.47 Å². The molecular weight excluding hydrogens is 472 g/mol. The van der Waals surface area contributed by atoms with Crippen molar-refractivity contribution in [2.24, 2.45) is 0 Å². The van der Waals surface area contributed by atoms with Crippen molar-refractivity contribution in [2.75, 3.05) is 14.2 Å². The van der Waals surface area contributed by atoms with Gasteiger partial charge in [-0.15, -0.1) is 6.58 Å². The van der Waals surface area contributed by atoms with Crippen LogP contribution in [0.5, 0.6) is 11.5 Å². The molecule has 0 spiro atoms. The molecule has 0 saturated heterocycles. The van der Waals surface area contributed by atoms with Crippen LogP contribution in [-0.2, 0) is 16.6 Å². The molecule has 0 amide bonds. The van der Waals surface area contributed by atoms with Crippen LogP contribution in [-0.4, -0.2) is 43.0 Å². The summed E-state index contributed by atoms with van der Waals surface area (Å²) in [5.41, 5.74) is 0.783. The maximum absolute atomic E-state index is 13.8. The van der Waals surface area contributed by atoms with E-state index in [1.165, 1.54) is 32.4 Å².